The second kappa shape index (κ2) is 4.62. The minimum atomic E-state index is -0.317. The van der Waals surface area contributed by atoms with Crippen LogP contribution >= 0.6 is 0 Å². The SMILES string of the molecule is Cn1c(=O)n(CC2CCOC2)c(=O)c2cccnc21. The van der Waals surface area contributed by atoms with Gasteiger partial charge in [-0.15, -0.1) is 0 Å². The summed E-state index contributed by atoms with van der Waals surface area (Å²) >= 11 is 0. The molecule has 0 radical (unpaired) electrons. The van der Waals surface area contributed by atoms with E-state index in [9.17, 15) is 9.59 Å². The molecule has 0 bridgehead atoms. The Bertz CT molecular complexity index is 726. The van der Waals surface area contributed by atoms with Crippen molar-refractivity contribution in [3.8, 4) is 0 Å². The molecule has 1 aliphatic rings. The predicted octanol–water partition coefficient (Wildman–Crippen LogP) is 0.132. The summed E-state index contributed by atoms with van der Waals surface area (Å²) in [4.78, 5) is 28.7. The van der Waals surface area contributed by atoms with E-state index in [4.69, 9.17) is 4.74 Å². The number of nitrogens with zero attached hydrogens (tertiary/aromatic N) is 3. The fourth-order valence-electron chi connectivity index (χ4n) is 2.48. The Hall–Kier alpha value is -1.95. The van der Waals surface area contributed by atoms with Crippen molar-refractivity contribution in [2.75, 3.05) is 13.2 Å². The maximum Gasteiger partial charge on any atom is 0.332 e. The van der Waals surface area contributed by atoms with Gasteiger partial charge in [-0.25, -0.2) is 9.78 Å². The van der Waals surface area contributed by atoms with Gasteiger partial charge < -0.3 is 4.74 Å². The lowest BCUT2D eigenvalue weighted by Gasteiger charge is -2.12. The number of fused-ring (bicyclic) bond motifs is 1. The number of hydrogen-bond donors (Lipinski definition) is 0. The van der Waals surface area contributed by atoms with Crippen LogP contribution in [0.4, 0.5) is 0 Å². The summed E-state index contributed by atoms with van der Waals surface area (Å²) in [6, 6.07) is 3.41. The fraction of sp³-hybridized carbons (Fsp3) is 0.462. The standard InChI is InChI=1S/C13H15N3O3/c1-15-11-10(3-2-5-14-11)12(17)16(13(15)18)7-9-4-6-19-8-9/h2-3,5,9H,4,6-8H2,1H3. The van der Waals surface area contributed by atoms with Crippen LogP contribution in [-0.4, -0.2) is 27.3 Å². The van der Waals surface area contributed by atoms with Gasteiger partial charge in [0.2, 0.25) is 0 Å². The maximum atomic E-state index is 12.4. The highest BCUT2D eigenvalue weighted by Gasteiger charge is 2.19. The zero-order chi connectivity index (χ0) is 13.4. The molecule has 2 aromatic rings. The van der Waals surface area contributed by atoms with Gasteiger partial charge in [-0.1, -0.05) is 0 Å². The van der Waals surface area contributed by atoms with E-state index < -0.39 is 0 Å². The van der Waals surface area contributed by atoms with E-state index in [0.717, 1.165) is 6.42 Å². The second-order valence-electron chi connectivity index (χ2n) is 4.86. The van der Waals surface area contributed by atoms with Crippen molar-refractivity contribution in [2.24, 2.45) is 13.0 Å². The smallest absolute Gasteiger partial charge is 0.332 e. The molecule has 0 N–H and O–H groups in total. The minimum absolute atomic E-state index is 0.236. The quantitative estimate of drug-likeness (QED) is 0.771. The van der Waals surface area contributed by atoms with Crippen molar-refractivity contribution in [3.05, 3.63) is 39.2 Å². The summed E-state index contributed by atoms with van der Waals surface area (Å²) in [6.45, 7) is 1.73. The van der Waals surface area contributed by atoms with Crippen molar-refractivity contribution in [1.29, 1.82) is 0 Å². The minimum Gasteiger partial charge on any atom is -0.381 e. The van der Waals surface area contributed by atoms with Gasteiger partial charge >= 0.3 is 5.69 Å². The van der Waals surface area contributed by atoms with Crippen LogP contribution in [0.2, 0.25) is 0 Å². The van der Waals surface area contributed by atoms with Crippen LogP contribution < -0.4 is 11.2 Å². The van der Waals surface area contributed by atoms with E-state index in [1.807, 2.05) is 0 Å². The molecule has 6 nitrogen and oxygen atoms in total. The lowest BCUT2D eigenvalue weighted by Crippen LogP contribution is -2.41. The van der Waals surface area contributed by atoms with Gasteiger partial charge in [0, 0.05) is 32.3 Å². The van der Waals surface area contributed by atoms with Crippen LogP contribution in [0.15, 0.2) is 27.9 Å². The highest BCUT2D eigenvalue weighted by atomic mass is 16.5. The Morgan fingerprint density at radius 3 is 3.05 bits per heavy atom. The molecule has 3 rings (SSSR count). The van der Waals surface area contributed by atoms with Crippen LogP contribution in [0.1, 0.15) is 6.42 Å². The third-order valence-corrected chi connectivity index (χ3v) is 3.56. The number of pyridine rings is 1. The summed E-state index contributed by atoms with van der Waals surface area (Å²) in [7, 11) is 1.64. The average Bonchev–Trinajstić information content (AvgIpc) is 2.94. The highest BCUT2D eigenvalue weighted by Crippen LogP contribution is 2.13. The third kappa shape index (κ3) is 1.98. The number of ether oxygens (including phenoxy) is 1. The Labute approximate surface area is 109 Å². The molecule has 19 heavy (non-hydrogen) atoms. The molecular formula is C13H15N3O3. The summed E-state index contributed by atoms with van der Waals surface area (Å²) < 4.78 is 8.01. The monoisotopic (exact) mass is 261 g/mol. The average molecular weight is 261 g/mol. The first-order valence-electron chi connectivity index (χ1n) is 6.31. The lowest BCUT2D eigenvalue weighted by molar-refractivity contribution is 0.182. The van der Waals surface area contributed by atoms with Crippen LogP contribution in [0, 0.1) is 5.92 Å². The van der Waals surface area contributed by atoms with E-state index in [1.165, 1.54) is 9.13 Å². The summed E-state index contributed by atoms with van der Waals surface area (Å²) in [5, 5.41) is 0.475. The van der Waals surface area contributed by atoms with Crippen molar-refractivity contribution in [2.45, 2.75) is 13.0 Å². The van der Waals surface area contributed by atoms with E-state index in [-0.39, 0.29) is 17.2 Å². The molecule has 1 unspecified atom stereocenters. The maximum absolute atomic E-state index is 12.4. The highest BCUT2D eigenvalue weighted by molar-refractivity contribution is 5.73. The topological polar surface area (TPSA) is 66.1 Å². The molecule has 1 fully saturated rings. The molecule has 1 saturated heterocycles. The van der Waals surface area contributed by atoms with Crippen LogP contribution in [0.5, 0.6) is 0 Å². The number of aromatic nitrogens is 3. The van der Waals surface area contributed by atoms with E-state index in [0.29, 0.717) is 30.8 Å². The van der Waals surface area contributed by atoms with Crippen LogP contribution in [0.25, 0.3) is 11.0 Å². The van der Waals surface area contributed by atoms with E-state index in [1.54, 1.807) is 25.4 Å². The summed E-state index contributed by atoms with van der Waals surface area (Å²) in [5.74, 6) is 0.236. The van der Waals surface area contributed by atoms with Crippen LogP contribution in [0.3, 0.4) is 0 Å². The van der Waals surface area contributed by atoms with Gasteiger partial charge in [-0.2, -0.15) is 0 Å². The first kappa shape index (κ1) is 12.1. The van der Waals surface area contributed by atoms with Crippen LogP contribution in [-0.2, 0) is 18.3 Å². The van der Waals surface area contributed by atoms with Gasteiger partial charge in [0.1, 0.15) is 5.65 Å². The Morgan fingerprint density at radius 1 is 1.47 bits per heavy atom. The van der Waals surface area contributed by atoms with Crippen molar-refractivity contribution < 1.29 is 4.74 Å². The Balaban J connectivity index is 2.18. The van der Waals surface area contributed by atoms with E-state index >= 15 is 0 Å². The largest absolute Gasteiger partial charge is 0.381 e. The van der Waals surface area contributed by atoms with Crippen molar-refractivity contribution in [1.82, 2.24) is 14.1 Å². The van der Waals surface area contributed by atoms with Gasteiger partial charge in [-0.3, -0.25) is 13.9 Å². The van der Waals surface area contributed by atoms with Crippen molar-refractivity contribution >= 4 is 11.0 Å². The Kier molecular flexibility index (Phi) is 2.94. The molecule has 6 heteroatoms. The Morgan fingerprint density at radius 2 is 2.32 bits per heavy atom. The molecule has 3 heterocycles. The molecule has 0 amide bonds. The van der Waals surface area contributed by atoms with Gasteiger partial charge in [0.05, 0.1) is 12.0 Å². The third-order valence-electron chi connectivity index (χ3n) is 3.56. The lowest BCUT2D eigenvalue weighted by atomic mass is 10.1. The first-order chi connectivity index (χ1) is 9.18. The molecule has 1 atom stereocenters. The van der Waals surface area contributed by atoms with Crippen molar-refractivity contribution in [3.63, 3.8) is 0 Å². The summed E-state index contributed by atoms with van der Waals surface area (Å²) in [5.41, 5.74) is -0.155. The molecule has 2 aromatic heterocycles. The molecular weight excluding hydrogens is 246 g/mol. The molecule has 0 aromatic carbocycles. The van der Waals surface area contributed by atoms with Gasteiger partial charge in [-0.05, 0) is 18.6 Å². The molecule has 0 aliphatic carbocycles. The fourth-order valence-corrected chi connectivity index (χ4v) is 2.48. The normalized spacial score (nSPS) is 19.1. The number of rotatable bonds is 2. The zero-order valence-electron chi connectivity index (χ0n) is 10.7. The number of hydrogen-bond acceptors (Lipinski definition) is 4. The first-order valence-corrected chi connectivity index (χ1v) is 6.31. The van der Waals surface area contributed by atoms with Gasteiger partial charge in [0.25, 0.3) is 5.56 Å². The molecule has 100 valence electrons. The predicted molar refractivity (Wildman–Crippen MR) is 70.2 cm³/mol. The zero-order valence-corrected chi connectivity index (χ0v) is 10.7. The van der Waals surface area contributed by atoms with Gasteiger partial charge in [0.15, 0.2) is 0 Å². The summed E-state index contributed by atoms with van der Waals surface area (Å²) in [6.07, 6.45) is 2.47. The number of aryl methyl sites for hydroxylation is 1. The molecule has 0 spiro atoms. The molecule has 1 aliphatic heterocycles. The van der Waals surface area contributed by atoms with E-state index in [2.05, 4.69) is 4.98 Å². The second-order valence-corrected chi connectivity index (χ2v) is 4.86. The molecule has 0 saturated carbocycles.